The number of hydrogen-bond acceptors (Lipinski definition) is 5. The molecule has 0 saturated heterocycles. The van der Waals surface area contributed by atoms with Crippen LogP contribution in [-0.4, -0.2) is 16.7 Å². The van der Waals surface area contributed by atoms with E-state index in [0.717, 1.165) is 10.0 Å². The van der Waals surface area contributed by atoms with Gasteiger partial charge < -0.3 is 15.0 Å². The Morgan fingerprint density at radius 3 is 2.80 bits per heavy atom. The van der Waals surface area contributed by atoms with Crippen LogP contribution in [0.2, 0.25) is 0 Å². The number of nitrogens with two attached hydrogens (primary N) is 1. The van der Waals surface area contributed by atoms with Crippen molar-refractivity contribution < 1.29 is 9.26 Å². The van der Waals surface area contributed by atoms with Gasteiger partial charge in [-0.1, -0.05) is 19.0 Å². The lowest BCUT2D eigenvalue weighted by atomic mass is 10.1. The van der Waals surface area contributed by atoms with E-state index in [4.69, 9.17) is 15.0 Å². The van der Waals surface area contributed by atoms with Gasteiger partial charge in [-0.15, -0.1) is 0 Å². The summed E-state index contributed by atoms with van der Waals surface area (Å²) >= 11 is 3.46. The normalized spacial score (nSPS) is 12.8. The van der Waals surface area contributed by atoms with E-state index in [1.165, 1.54) is 0 Å². The van der Waals surface area contributed by atoms with Gasteiger partial charge in [0.1, 0.15) is 6.10 Å². The van der Waals surface area contributed by atoms with Gasteiger partial charge in [0, 0.05) is 16.8 Å². The highest BCUT2D eigenvalue weighted by molar-refractivity contribution is 9.10. The molecule has 20 heavy (non-hydrogen) atoms. The van der Waals surface area contributed by atoms with Crippen LogP contribution in [0.1, 0.15) is 32.7 Å². The highest BCUT2D eigenvalue weighted by Crippen LogP contribution is 2.31. The van der Waals surface area contributed by atoms with Crippen LogP contribution in [0.4, 0.5) is 5.69 Å². The Morgan fingerprint density at radius 1 is 1.40 bits per heavy atom. The summed E-state index contributed by atoms with van der Waals surface area (Å²) in [7, 11) is 0. The molecule has 1 aromatic carbocycles. The molecule has 1 unspecified atom stereocenters. The Labute approximate surface area is 126 Å². The van der Waals surface area contributed by atoms with Crippen molar-refractivity contribution in [3.05, 3.63) is 28.5 Å². The third-order valence-electron chi connectivity index (χ3n) is 2.87. The lowest BCUT2D eigenvalue weighted by molar-refractivity contribution is 0.0217. The van der Waals surface area contributed by atoms with Crippen molar-refractivity contribution in [2.75, 3.05) is 12.3 Å². The lowest BCUT2D eigenvalue weighted by Gasteiger charge is -2.16. The predicted molar refractivity (Wildman–Crippen MR) is 81.1 cm³/mol. The van der Waals surface area contributed by atoms with Gasteiger partial charge in [0.05, 0.1) is 5.56 Å². The number of nitrogens with zero attached hydrogens (tertiary/aromatic N) is 2. The van der Waals surface area contributed by atoms with Gasteiger partial charge in [0.25, 0.3) is 5.89 Å². The molecular weight excluding hydrogens is 322 g/mol. The second-order valence-corrected chi connectivity index (χ2v) is 5.67. The summed E-state index contributed by atoms with van der Waals surface area (Å²) < 4.78 is 11.9. The predicted octanol–water partition coefficient (Wildman–Crippen LogP) is 3.81. The molecule has 0 saturated carbocycles. The zero-order valence-corrected chi connectivity index (χ0v) is 13.3. The van der Waals surface area contributed by atoms with Crippen molar-refractivity contribution in [2.24, 2.45) is 5.92 Å². The minimum absolute atomic E-state index is 0.169. The number of hydrogen-bond donors (Lipinski definition) is 1. The van der Waals surface area contributed by atoms with Gasteiger partial charge in [0.2, 0.25) is 5.82 Å². The van der Waals surface area contributed by atoms with Crippen molar-refractivity contribution >= 4 is 21.6 Å². The molecule has 0 aliphatic heterocycles. The monoisotopic (exact) mass is 339 g/mol. The molecule has 6 heteroatoms. The maximum atomic E-state index is 5.79. The van der Waals surface area contributed by atoms with E-state index in [1.54, 1.807) is 6.07 Å². The van der Waals surface area contributed by atoms with E-state index < -0.39 is 0 Å². The van der Waals surface area contributed by atoms with Crippen LogP contribution in [0.15, 0.2) is 27.2 Å². The van der Waals surface area contributed by atoms with Gasteiger partial charge in [-0.05, 0) is 47.0 Å². The Morgan fingerprint density at radius 2 is 2.15 bits per heavy atom. The van der Waals surface area contributed by atoms with Crippen molar-refractivity contribution in [1.82, 2.24) is 10.1 Å². The maximum absolute atomic E-state index is 5.79. The van der Waals surface area contributed by atoms with Gasteiger partial charge >= 0.3 is 0 Å². The largest absolute Gasteiger partial charge is 0.399 e. The number of aromatic nitrogens is 2. The van der Waals surface area contributed by atoms with E-state index in [2.05, 4.69) is 39.9 Å². The van der Waals surface area contributed by atoms with Crippen LogP contribution in [0.5, 0.6) is 0 Å². The first-order valence-corrected chi connectivity index (χ1v) is 7.32. The van der Waals surface area contributed by atoms with Gasteiger partial charge in [-0.3, -0.25) is 0 Å². The first-order chi connectivity index (χ1) is 9.52. The molecule has 0 bridgehead atoms. The SMILES string of the molecule is CCOC(c1noc(-c2cc(N)ccc2Br)n1)C(C)C. The summed E-state index contributed by atoms with van der Waals surface area (Å²) in [5.41, 5.74) is 7.22. The highest BCUT2D eigenvalue weighted by Gasteiger charge is 2.23. The summed E-state index contributed by atoms with van der Waals surface area (Å²) in [6.07, 6.45) is -0.169. The number of halogens is 1. The van der Waals surface area contributed by atoms with Gasteiger partial charge in [-0.25, -0.2) is 0 Å². The van der Waals surface area contributed by atoms with E-state index >= 15 is 0 Å². The Bertz CT molecular complexity index is 584. The van der Waals surface area contributed by atoms with E-state index in [-0.39, 0.29) is 12.0 Å². The van der Waals surface area contributed by atoms with E-state index in [0.29, 0.717) is 24.0 Å². The smallest absolute Gasteiger partial charge is 0.259 e. The van der Waals surface area contributed by atoms with Crippen LogP contribution in [0, 0.1) is 5.92 Å². The van der Waals surface area contributed by atoms with Crippen molar-refractivity contribution in [3.63, 3.8) is 0 Å². The van der Waals surface area contributed by atoms with Crippen LogP contribution in [-0.2, 0) is 4.74 Å². The lowest BCUT2D eigenvalue weighted by Crippen LogP contribution is -2.12. The topological polar surface area (TPSA) is 74.2 Å². The van der Waals surface area contributed by atoms with Crippen molar-refractivity contribution in [3.8, 4) is 11.5 Å². The van der Waals surface area contributed by atoms with E-state index in [9.17, 15) is 0 Å². The van der Waals surface area contributed by atoms with E-state index in [1.807, 2.05) is 19.1 Å². The zero-order valence-electron chi connectivity index (χ0n) is 11.8. The molecule has 1 aromatic heterocycles. The number of anilines is 1. The quantitative estimate of drug-likeness (QED) is 0.838. The second kappa shape index (κ2) is 6.37. The minimum atomic E-state index is -0.169. The third-order valence-corrected chi connectivity index (χ3v) is 3.56. The molecule has 1 atom stereocenters. The Kier molecular flexibility index (Phi) is 4.77. The van der Waals surface area contributed by atoms with Crippen LogP contribution in [0.3, 0.4) is 0 Å². The molecule has 1 heterocycles. The molecule has 108 valence electrons. The second-order valence-electron chi connectivity index (χ2n) is 4.82. The standard InChI is InChI=1S/C14H18BrN3O2/c1-4-19-12(8(2)3)13-17-14(20-18-13)10-7-9(16)5-6-11(10)15/h5-8,12H,4,16H2,1-3H3. The van der Waals surface area contributed by atoms with Gasteiger partial charge in [0.15, 0.2) is 0 Å². The average Bonchev–Trinajstić information content (AvgIpc) is 2.87. The molecule has 0 spiro atoms. The number of nitrogen functional groups attached to an aromatic ring is 1. The number of benzene rings is 1. The van der Waals surface area contributed by atoms with Crippen molar-refractivity contribution in [1.29, 1.82) is 0 Å². The van der Waals surface area contributed by atoms with Crippen molar-refractivity contribution in [2.45, 2.75) is 26.9 Å². The molecular formula is C14H18BrN3O2. The molecule has 0 amide bonds. The maximum Gasteiger partial charge on any atom is 0.259 e. The molecule has 2 N–H and O–H groups in total. The highest BCUT2D eigenvalue weighted by atomic mass is 79.9. The number of rotatable bonds is 5. The zero-order chi connectivity index (χ0) is 14.7. The molecule has 5 nitrogen and oxygen atoms in total. The average molecular weight is 340 g/mol. The molecule has 0 radical (unpaired) electrons. The Balaban J connectivity index is 2.34. The molecule has 0 aliphatic rings. The molecule has 2 rings (SSSR count). The summed E-state index contributed by atoms with van der Waals surface area (Å²) in [5.74, 6) is 1.26. The van der Waals surface area contributed by atoms with Gasteiger partial charge in [-0.2, -0.15) is 4.98 Å². The fourth-order valence-electron chi connectivity index (χ4n) is 1.91. The summed E-state index contributed by atoms with van der Waals surface area (Å²) in [4.78, 5) is 4.43. The molecule has 0 fully saturated rings. The fraction of sp³-hybridized carbons (Fsp3) is 0.429. The third kappa shape index (κ3) is 3.19. The van der Waals surface area contributed by atoms with Crippen LogP contribution < -0.4 is 5.73 Å². The summed E-state index contributed by atoms with van der Waals surface area (Å²) in [6.45, 7) is 6.68. The summed E-state index contributed by atoms with van der Waals surface area (Å²) in [6, 6.07) is 5.46. The van der Waals surface area contributed by atoms with Crippen LogP contribution >= 0.6 is 15.9 Å². The minimum Gasteiger partial charge on any atom is -0.399 e. The number of ether oxygens (including phenoxy) is 1. The first kappa shape index (κ1) is 15.0. The fourth-order valence-corrected chi connectivity index (χ4v) is 2.33. The Hall–Kier alpha value is -1.40. The van der Waals surface area contributed by atoms with Crippen LogP contribution in [0.25, 0.3) is 11.5 Å². The molecule has 0 aliphatic carbocycles. The first-order valence-electron chi connectivity index (χ1n) is 6.53. The summed E-state index contributed by atoms with van der Waals surface area (Å²) in [5, 5.41) is 4.03. The molecule has 2 aromatic rings.